The van der Waals surface area contributed by atoms with Crippen LogP contribution in [0.2, 0.25) is 25.7 Å². The zero-order valence-electron chi connectivity index (χ0n) is 26.3. The summed E-state index contributed by atoms with van der Waals surface area (Å²) < 4.78 is 19.0. The second-order valence-electron chi connectivity index (χ2n) is 13.1. The minimum absolute atomic E-state index is 0.0971. The Morgan fingerprint density at radius 2 is 1.90 bits per heavy atom. The number of hydrogen-bond acceptors (Lipinski definition) is 9. The number of fused-ring (bicyclic) bond motifs is 1. The molecule has 12 heteroatoms. The molecule has 0 saturated carbocycles. The Kier molecular flexibility index (Phi) is 11.3. The second kappa shape index (κ2) is 14.2. The first-order chi connectivity index (χ1) is 19.7. The highest BCUT2D eigenvalue weighted by Gasteiger charge is 2.29. The summed E-state index contributed by atoms with van der Waals surface area (Å²) in [6.45, 7) is 16.6. The van der Waals surface area contributed by atoms with E-state index in [2.05, 4.69) is 42.6 Å². The Morgan fingerprint density at radius 3 is 2.50 bits per heavy atom. The van der Waals surface area contributed by atoms with E-state index in [1.54, 1.807) is 15.5 Å². The lowest BCUT2D eigenvalue weighted by molar-refractivity contribution is 0.0182. The summed E-state index contributed by atoms with van der Waals surface area (Å²) >= 11 is 0. The van der Waals surface area contributed by atoms with Gasteiger partial charge in [0.05, 0.1) is 12.4 Å². The smallest absolute Gasteiger partial charge is 0.410 e. The van der Waals surface area contributed by atoms with Crippen LogP contribution in [-0.2, 0) is 22.6 Å². The van der Waals surface area contributed by atoms with Crippen molar-refractivity contribution in [3.63, 3.8) is 0 Å². The number of amides is 1. The zero-order chi connectivity index (χ0) is 31.1. The topological polar surface area (TPSA) is 149 Å². The largest absolute Gasteiger partial charge is 0.512 e. The number of carbonyl (C=O) groups excluding carboxylic acids is 1. The molecule has 0 aliphatic carbocycles. The average molecular weight is 601 g/mol. The fraction of sp³-hybridized carbons (Fsp3) is 0.667. The summed E-state index contributed by atoms with van der Waals surface area (Å²) in [6, 6.07) is 3.47. The van der Waals surface area contributed by atoms with Crippen LogP contribution in [0.5, 0.6) is 6.01 Å². The highest BCUT2D eigenvalue weighted by molar-refractivity contribution is 6.76. The first-order valence-electron chi connectivity index (χ1n) is 14.9. The number of nitrogens with zero attached hydrogens (tertiary/aromatic N) is 5. The van der Waals surface area contributed by atoms with Gasteiger partial charge in [0, 0.05) is 39.3 Å². The molecule has 0 bridgehead atoms. The van der Waals surface area contributed by atoms with Crippen LogP contribution in [0.15, 0.2) is 11.8 Å². The molecular weight excluding hydrogens is 552 g/mol. The number of allylic oxidation sites excluding steroid dienone is 2. The maximum absolute atomic E-state index is 12.4. The lowest BCUT2D eigenvalue weighted by atomic mass is 9.94. The van der Waals surface area contributed by atoms with E-state index in [4.69, 9.17) is 19.9 Å². The van der Waals surface area contributed by atoms with Crippen LogP contribution in [0.4, 0.5) is 10.6 Å². The molecule has 1 amide bonds. The van der Waals surface area contributed by atoms with E-state index in [0.717, 1.165) is 18.9 Å². The van der Waals surface area contributed by atoms with E-state index >= 15 is 0 Å². The molecule has 2 aromatic heterocycles. The molecule has 1 aliphatic rings. The van der Waals surface area contributed by atoms with Crippen LogP contribution in [0.3, 0.4) is 0 Å². The van der Waals surface area contributed by atoms with Crippen molar-refractivity contribution in [1.29, 1.82) is 5.26 Å². The molecule has 2 aromatic rings. The lowest BCUT2D eigenvalue weighted by Gasteiger charge is -2.33. The fourth-order valence-electron chi connectivity index (χ4n) is 4.73. The van der Waals surface area contributed by atoms with Gasteiger partial charge in [-0.25, -0.2) is 4.79 Å². The second-order valence-corrected chi connectivity index (χ2v) is 18.7. The van der Waals surface area contributed by atoms with E-state index < -0.39 is 13.7 Å². The van der Waals surface area contributed by atoms with Crippen LogP contribution < -0.4 is 10.5 Å². The molecule has 0 unspecified atom stereocenters. The summed E-state index contributed by atoms with van der Waals surface area (Å²) in [5.41, 5.74) is 7.89. The number of aromatic nitrogens is 3. The van der Waals surface area contributed by atoms with Crippen LogP contribution >= 0.6 is 0 Å². The summed E-state index contributed by atoms with van der Waals surface area (Å²) in [5.74, 6) is 0.349. The third kappa shape index (κ3) is 9.10. The van der Waals surface area contributed by atoms with Gasteiger partial charge in [-0.3, -0.25) is 0 Å². The number of carbonyl (C=O) groups is 1. The molecule has 0 radical (unpaired) electrons. The number of nitrogens with two attached hydrogens (primary N) is 1. The van der Waals surface area contributed by atoms with E-state index in [-0.39, 0.29) is 42.8 Å². The van der Waals surface area contributed by atoms with Gasteiger partial charge in [-0.05, 0) is 58.6 Å². The summed E-state index contributed by atoms with van der Waals surface area (Å²) in [5, 5.41) is 21.2. The molecule has 42 heavy (non-hydrogen) atoms. The maximum atomic E-state index is 12.4. The number of nitriles is 1. The third-order valence-corrected chi connectivity index (χ3v) is 8.84. The van der Waals surface area contributed by atoms with Crippen molar-refractivity contribution >= 4 is 31.0 Å². The van der Waals surface area contributed by atoms with Crippen molar-refractivity contribution < 1.29 is 24.1 Å². The number of unbranched alkanes of at least 4 members (excludes halogenated alkanes) is 1. The van der Waals surface area contributed by atoms with Crippen molar-refractivity contribution in [2.75, 3.05) is 32.0 Å². The molecular formula is C30H48N6O5Si. The highest BCUT2D eigenvalue weighted by Crippen LogP contribution is 2.32. The van der Waals surface area contributed by atoms with E-state index in [1.807, 2.05) is 20.8 Å². The Labute approximate surface area is 250 Å². The van der Waals surface area contributed by atoms with Crippen LogP contribution in [0.1, 0.15) is 64.6 Å². The predicted octanol–water partition coefficient (Wildman–Crippen LogP) is 6.01. The van der Waals surface area contributed by atoms with Crippen molar-refractivity contribution in [3.05, 3.63) is 23.1 Å². The average Bonchev–Trinajstić information content (AvgIpc) is 3.21. The first-order valence-corrected chi connectivity index (χ1v) is 18.6. The Morgan fingerprint density at radius 1 is 1.21 bits per heavy atom. The molecule has 11 nitrogen and oxygen atoms in total. The summed E-state index contributed by atoms with van der Waals surface area (Å²) in [6.07, 6.45) is 4.71. The number of aliphatic hydroxyl groups excluding tert-OH is 1. The highest BCUT2D eigenvalue weighted by atomic mass is 28.3. The monoisotopic (exact) mass is 600 g/mol. The molecule has 0 spiro atoms. The first kappa shape index (κ1) is 33.2. The number of likely N-dealkylation sites (tertiary alicyclic amines) is 1. The van der Waals surface area contributed by atoms with Gasteiger partial charge in [0.2, 0.25) is 0 Å². The Hall–Kier alpha value is -3.30. The van der Waals surface area contributed by atoms with Gasteiger partial charge in [-0.15, -0.1) is 0 Å². The molecule has 3 heterocycles. The van der Waals surface area contributed by atoms with E-state index in [9.17, 15) is 15.2 Å². The van der Waals surface area contributed by atoms with Gasteiger partial charge in [0.1, 0.15) is 35.1 Å². The maximum Gasteiger partial charge on any atom is 0.410 e. The minimum Gasteiger partial charge on any atom is -0.512 e. The van der Waals surface area contributed by atoms with Crippen LogP contribution in [-0.4, -0.2) is 70.6 Å². The number of piperidine rings is 1. The molecule has 3 rings (SSSR count). The molecule has 0 atom stereocenters. The SMILES string of the molecule is CCCCOc1nc(N)c2c(n1)c(CC=C(O)C1CCN(C(=O)OC(C)(C)C)CC1)c(C#N)n2COCC[Si](C)(C)C. The van der Waals surface area contributed by atoms with Crippen molar-refractivity contribution in [1.82, 2.24) is 19.4 Å². The number of hydrogen-bond donors (Lipinski definition) is 2. The third-order valence-electron chi connectivity index (χ3n) is 7.13. The van der Waals surface area contributed by atoms with Crippen molar-refractivity contribution in [3.8, 4) is 12.1 Å². The minimum atomic E-state index is -1.29. The number of anilines is 1. The van der Waals surface area contributed by atoms with Gasteiger partial charge in [-0.1, -0.05) is 33.0 Å². The molecule has 3 N–H and O–H groups in total. The number of rotatable bonds is 12. The fourth-order valence-corrected chi connectivity index (χ4v) is 5.49. The number of nitrogen functional groups attached to an aromatic ring is 1. The van der Waals surface area contributed by atoms with Crippen molar-refractivity contribution in [2.45, 2.75) is 97.8 Å². The molecule has 1 saturated heterocycles. The Bertz CT molecular complexity index is 1300. The number of aliphatic hydroxyl groups is 1. The van der Waals surface area contributed by atoms with Crippen molar-refractivity contribution in [2.24, 2.45) is 5.92 Å². The standard InChI is InChI=1S/C30H48N6O5Si/c1-8-9-16-40-28-33-25-22(10-11-24(37)21-12-14-35(15-13-21)29(38)41-30(2,3)4)23(19-31)36(26(25)27(32)34-28)20-39-17-18-42(5,6)7/h11,21,37H,8-10,12-18,20H2,1-7H3,(H2,32,33,34). The lowest BCUT2D eigenvalue weighted by Crippen LogP contribution is -2.42. The van der Waals surface area contributed by atoms with Gasteiger partial charge >= 0.3 is 12.1 Å². The summed E-state index contributed by atoms with van der Waals surface area (Å²) in [4.78, 5) is 23.1. The van der Waals surface area contributed by atoms with E-state index in [1.165, 1.54) is 0 Å². The molecule has 1 fully saturated rings. The Balaban J connectivity index is 1.85. The van der Waals surface area contributed by atoms with E-state index in [0.29, 0.717) is 61.4 Å². The van der Waals surface area contributed by atoms with Gasteiger partial charge < -0.3 is 34.5 Å². The predicted molar refractivity (Wildman–Crippen MR) is 166 cm³/mol. The van der Waals surface area contributed by atoms with Gasteiger partial charge in [0.25, 0.3) is 0 Å². The molecule has 232 valence electrons. The summed E-state index contributed by atoms with van der Waals surface area (Å²) in [7, 11) is -1.29. The zero-order valence-corrected chi connectivity index (χ0v) is 27.3. The molecule has 0 aromatic carbocycles. The van der Waals surface area contributed by atoms with Gasteiger partial charge in [0.15, 0.2) is 5.82 Å². The molecule has 1 aliphatic heterocycles. The van der Waals surface area contributed by atoms with Gasteiger partial charge in [-0.2, -0.15) is 15.2 Å². The van der Waals surface area contributed by atoms with Crippen LogP contribution in [0, 0.1) is 17.2 Å². The quantitative estimate of drug-likeness (QED) is 0.170. The number of ether oxygens (including phenoxy) is 3. The van der Waals surface area contributed by atoms with Crippen LogP contribution in [0.25, 0.3) is 11.0 Å². The normalized spacial score (nSPS) is 15.2.